The van der Waals surface area contributed by atoms with Gasteiger partial charge in [-0.3, -0.25) is 9.69 Å². The first-order valence-electron chi connectivity index (χ1n) is 8.45. The second-order valence-electron chi connectivity index (χ2n) is 7.02. The second-order valence-corrected chi connectivity index (χ2v) is 7.02. The van der Waals surface area contributed by atoms with Crippen molar-refractivity contribution in [1.29, 1.82) is 0 Å². The topological polar surface area (TPSA) is 37.7 Å². The lowest BCUT2D eigenvalue weighted by Gasteiger charge is -2.51. The van der Waals surface area contributed by atoms with Gasteiger partial charge in [-0.2, -0.15) is 0 Å². The van der Waals surface area contributed by atoms with Crippen molar-refractivity contribution in [3.05, 3.63) is 24.0 Å². The number of carbonyl (C=O) groups is 1. The fourth-order valence-electron chi connectivity index (χ4n) is 3.94. The number of aromatic nitrogens is 1. The maximum atomic E-state index is 13.0. The van der Waals surface area contributed by atoms with Crippen molar-refractivity contribution in [1.82, 2.24) is 14.4 Å². The molecule has 0 N–H and O–H groups in total. The van der Waals surface area contributed by atoms with Crippen LogP contribution in [0.1, 0.15) is 42.2 Å². The molecule has 0 atom stereocenters. The van der Waals surface area contributed by atoms with Gasteiger partial charge >= 0.3 is 0 Å². The molecule has 3 aliphatic rings. The Morgan fingerprint density at radius 3 is 2.77 bits per heavy atom. The van der Waals surface area contributed by atoms with Crippen molar-refractivity contribution >= 4 is 5.91 Å². The predicted octanol–water partition coefficient (Wildman–Crippen LogP) is 1.76. The second kappa shape index (κ2) is 5.39. The molecule has 0 unspecified atom stereocenters. The minimum atomic E-state index is 0.114. The summed E-state index contributed by atoms with van der Waals surface area (Å²) in [7, 11) is 2.19. The largest absolute Gasteiger partial charge is 0.381 e. The van der Waals surface area contributed by atoms with E-state index in [1.165, 1.54) is 12.8 Å². The highest BCUT2D eigenvalue weighted by atomic mass is 16.5. The van der Waals surface area contributed by atoms with Gasteiger partial charge in [0, 0.05) is 50.6 Å². The molecular formula is C17H25N3O2. The van der Waals surface area contributed by atoms with Crippen LogP contribution in [0.3, 0.4) is 0 Å². The van der Waals surface area contributed by atoms with Crippen molar-refractivity contribution < 1.29 is 9.53 Å². The van der Waals surface area contributed by atoms with E-state index in [0.717, 1.165) is 51.4 Å². The van der Waals surface area contributed by atoms with Crippen molar-refractivity contribution in [3.8, 4) is 0 Å². The van der Waals surface area contributed by atoms with Crippen LogP contribution in [0.5, 0.6) is 0 Å². The Kier molecular flexibility index (Phi) is 3.50. The molecule has 5 heteroatoms. The van der Waals surface area contributed by atoms with E-state index in [2.05, 4.69) is 27.6 Å². The summed E-state index contributed by atoms with van der Waals surface area (Å²) in [5.41, 5.74) is 0.984. The third-order valence-electron chi connectivity index (χ3n) is 5.65. The molecule has 1 amide bonds. The minimum Gasteiger partial charge on any atom is -0.381 e. The zero-order chi connectivity index (χ0) is 15.2. The molecule has 3 heterocycles. The Morgan fingerprint density at radius 2 is 2.05 bits per heavy atom. The molecule has 1 aromatic heterocycles. The van der Waals surface area contributed by atoms with E-state index in [1.54, 1.807) is 0 Å². The highest BCUT2D eigenvalue weighted by Gasteiger charge is 2.42. The summed E-state index contributed by atoms with van der Waals surface area (Å²) in [6.07, 6.45) is 6.52. The molecule has 120 valence electrons. The van der Waals surface area contributed by atoms with Crippen LogP contribution in [-0.2, 0) is 4.74 Å². The average Bonchev–Trinajstić information content (AvgIpc) is 3.27. The van der Waals surface area contributed by atoms with Crippen LogP contribution in [0.15, 0.2) is 18.3 Å². The molecule has 1 spiro atoms. The smallest absolute Gasteiger partial charge is 0.270 e. The normalized spacial score (nSPS) is 25.6. The number of rotatable bonds is 2. The van der Waals surface area contributed by atoms with Crippen LogP contribution in [0.2, 0.25) is 0 Å². The number of carbonyl (C=O) groups excluding carboxylic acids is 1. The van der Waals surface area contributed by atoms with Crippen LogP contribution in [0.25, 0.3) is 0 Å². The zero-order valence-electron chi connectivity index (χ0n) is 13.3. The number of piperazine rings is 1. The molecule has 0 bridgehead atoms. The van der Waals surface area contributed by atoms with Gasteiger partial charge in [0.25, 0.3) is 5.91 Å². The molecule has 2 saturated heterocycles. The van der Waals surface area contributed by atoms with Gasteiger partial charge in [-0.15, -0.1) is 0 Å². The molecule has 0 aromatic carbocycles. The number of ether oxygens (including phenoxy) is 1. The third kappa shape index (κ3) is 2.36. The SMILES string of the molecule is CN1CCN(C(=O)c2cccn2C2CC2)CC12CCOCC2. The summed E-state index contributed by atoms with van der Waals surface area (Å²) < 4.78 is 7.72. The maximum Gasteiger partial charge on any atom is 0.270 e. The van der Waals surface area contributed by atoms with Crippen LogP contribution < -0.4 is 0 Å². The predicted molar refractivity (Wildman–Crippen MR) is 84.0 cm³/mol. The molecule has 3 fully saturated rings. The van der Waals surface area contributed by atoms with Crippen LogP contribution >= 0.6 is 0 Å². The molecule has 2 aliphatic heterocycles. The van der Waals surface area contributed by atoms with Gasteiger partial charge in [0.05, 0.1) is 0 Å². The quantitative estimate of drug-likeness (QED) is 0.835. The van der Waals surface area contributed by atoms with E-state index in [0.29, 0.717) is 6.04 Å². The number of nitrogens with zero attached hydrogens (tertiary/aromatic N) is 3. The van der Waals surface area contributed by atoms with E-state index in [9.17, 15) is 4.79 Å². The van der Waals surface area contributed by atoms with Crippen molar-refractivity contribution in [3.63, 3.8) is 0 Å². The summed E-state index contributed by atoms with van der Waals surface area (Å²) in [5, 5.41) is 0. The highest BCUT2D eigenvalue weighted by molar-refractivity contribution is 5.93. The molecule has 1 aliphatic carbocycles. The Labute approximate surface area is 131 Å². The lowest BCUT2D eigenvalue weighted by molar-refractivity contribution is -0.0545. The number of likely N-dealkylation sites (N-methyl/N-ethyl adjacent to an activating group) is 1. The summed E-state index contributed by atoms with van der Waals surface area (Å²) in [6, 6.07) is 4.54. The Hall–Kier alpha value is -1.33. The van der Waals surface area contributed by atoms with E-state index >= 15 is 0 Å². The fraction of sp³-hybridized carbons (Fsp3) is 0.706. The summed E-state index contributed by atoms with van der Waals surface area (Å²) in [6.45, 7) is 4.24. The number of hydrogen-bond donors (Lipinski definition) is 0. The van der Waals surface area contributed by atoms with Gasteiger partial charge in [-0.25, -0.2) is 0 Å². The summed E-state index contributed by atoms with van der Waals surface area (Å²) in [5.74, 6) is 0.205. The van der Waals surface area contributed by atoms with Gasteiger partial charge in [0.1, 0.15) is 5.69 Å². The first-order chi connectivity index (χ1) is 10.7. The molecular weight excluding hydrogens is 278 g/mol. The molecule has 4 rings (SSSR count). The molecule has 1 saturated carbocycles. The van der Waals surface area contributed by atoms with E-state index in [4.69, 9.17) is 4.74 Å². The average molecular weight is 303 g/mol. The van der Waals surface area contributed by atoms with Crippen molar-refractivity contribution in [2.75, 3.05) is 39.9 Å². The van der Waals surface area contributed by atoms with Crippen LogP contribution in [0.4, 0.5) is 0 Å². The highest BCUT2D eigenvalue weighted by Crippen LogP contribution is 2.37. The monoisotopic (exact) mass is 303 g/mol. The van der Waals surface area contributed by atoms with Gasteiger partial charge in [-0.1, -0.05) is 0 Å². The zero-order valence-corrected chi connectivity index (χ0v) is 13.3. The lowest BCUT2D eigenvalue weighted by atomic mass is 9.86. The summed E-state index contributed by atoms with van der Waals surface area (Å²) in [4.78, 5) is 17.5. The first-order valence-corrected chi connectivity index (χ1v) is 8.45. The van der Waals surface area contributed by atoms with Crippen LogP contribution in [-0.4, -0.2) is 65.7 Å². The maximum absolute atomic E-state index is 13.0. The Morgan fingerprint density at radius 1 is 1.27 bits per heavy atom. The van der Waals surface area contributed by atoms with Crippen molar-refractivity contribution in [2.24, 2.45) is 0 Å². The fourth-order valence-corrected chi connectivity index (χ4v) is 3.94. The number of hydrogen-bond acceptors (Lipinski definition) is 3. The molecule has 22 heavy (non-hydrogen) atoms. The number of amides is 1. The van der Waals surface area contributed by atoms with Crippen LogP contribution in [0, 0.1) is 0 Å². The minimum absolute atomic E-state index is 0.114. The standard InChI is InChI=1S/C17H25N3O2/c1-18-9-10-19(13-17(18)6-11-22-12-7-17)16(21)15-3-2-8-20(15)14-4-5-14/h2-3,8,14H,4-7,9-13H2,1H3. The van der Waals surface area contributed by atoms with E-state index in [1.807, 2.05) is 12.1 Å². The molecule has 1 aromatic rings. The van der Waals surface area contributed by atoms with Crippen molar-refractivity contribution in [2.45, 2.75) is 37.3 Å². The molecule has 0 radical (unpaired) electrons. The van der Waals surface area contributed by atoms with Gasteiger partial charge in [-0.05, 0) is 44.9 Å². The van der Waals surface area contributed by atoms with E-state index in [-0.39, 0.29) is 11.4 Å². The molecule has 5 nitrogen and oxygen atoms in total. The van der Waals surface area contributed by atoms with E-state index < -0.39 is 0 Å². The Bertz CT molecular complexity index is 558. The first kappa shape index (κ1) is 14.3. The lowest BCUT2D eigenvalue weighted by Crippen LogP contribution is -2.63. The third-order valence-corrected chi connectivity index (χ3v) is 5.65. The van der Waals surface area contributed by atoms with Gasteiger partial charge in [0.15, 0.2) is 0 Å². The Balaban J connectivity index is 1.54. The summed E-state index contributed by atoms with van der Waals surface area (Å²) >= 11 is 0. The van der Waals surface area contributed by atoms with Gasteiger partial charge in [0.2, 0.25) is 0 Å². The van der Waals surface area contributed by atoms with Gasteiger partial charge < -0.3 is 14.2 Å².